The summed E-state index contributed by atoms with van der Waals surface area (Å²) in [5.41, 5.74) is 6.43. The zero-order valence-corrected chi connectivity index (χ0v) is 29.9. The number of fused-ring (bicyclic) bond motifs is 6. The summed E-state index contributed by atoms with van der Waals surface area (Å²) < 4.78 is 88.2. The molecule has 0 saturated carbocycles. The Labute approximate surface area is 317 Å². The van der Waals surface area contributed by atoms with Crippen molar-refractivity contribution >= 4 is 49.3 Å². The Hall–Kier alpha value is -6.79. The van der Waals surface area contributed by atoms with Gasteiger partial charge >= 0.3 is 12.4 Å². The molecule has 0 amide bonds. The monoisotopic (exact) mass is 749 g/mol. The molecule has 9 rings (SSSR count). The molecule has 0 N–H and O–H groups in total. The lowest BCUT2D eigenvalue weighted by Gasteiger charge is -2.23. The van der Waals surface area contributed by atoms with Crippen LogP contribution >= 0.6 is 0 Å². The predicted molar refractivity (Wildman–Crippen MR) is 212 cm³/mol. The third-order valence-corrected chi connectivity index (χ3v) is 10.6. The van der Waals surface area contributed by atoms with Gasteiger partial charge in [0.2, 0.25) is 0 Å². The average Bonchev–Trinajstić information content (AvgIpc) is 3.68. The number of benzene rings is 7. The molecule has 0 bridgehead atoms. The summed E-state index contributed by atoms with van der Waals surface area (Å²) in [7, 11) is 0. The van der Waals surface area contributed by atoms with Crippen LogP contribution in [0.4, 0.5) is 32.0 Å². The van der Waals surface area contributed by atoms with Crippen molar-refractivity contribution in [3.63, 3.8) is 0 Å². The first-order valence-corrected chi connectivity index (χ1v) is 17.8. The number of hydrogen-bond donors (Lipinski definition) is 0. The van der Waals surface area contributed by atoms with Crippen molar-refractivity contribution in [2.24, 2.45) is 0 Å². The second kappa shape index (κ2) is 12.6. The standard InChI is InChI=1S/C47H29F6N3/c1-27-18-22-40-35(24-27)32-10-4-6-14-38(32)55(40)42-16-8-12-34(31-21-19-29(25-28(31)2)46(48,49)50)44(42)45-37(54-3)13-9-17-43(45)56-39-15-7-5-11-33(39)36-26-30(47(51,52)53)20-23-41(36)56/h4-26H,1-2H3. The van der Waals surface area contributed by atoms with Gasteiger partial charge in [-0.25, -0.2) is 4.85 Å². The van der Waals surface area contributed by atoms with Crippen LogP contribution in [0.3, 0.4) is 0 Å². The van der Waals surface area contributed by atoms with E-state index in [0.717, 1.165) is 51.6 Å². The molecule has 0 saturated heterocycles. The molecule has 0 atom stereocenters. The van der Waals surface area contributed by atoms with Gasteiger partial charge in [0, 0.05) is 38.4 Å². The van der Waals surface area contributed by atoms with Crippen molar-refractivity contribution in [1.82, 2.24) is 9.13 Å². The molecule has 0 radical (unpaired) electrons. The maximum absolute atomic E-state index is 14.1. The summed E-state index contributed by atoms with van der Waals surface area (Å²) in [5.74, 6) is 0. The fourth-order valence-corrected chi connectivity index (χ4v) is 8.17. The highest BCUT2D eigenvalue weighted by Crippen LogP contribution is 2.49. The summed E-state index contributed by atoms with van der Waals surface area (Å²) in [5, 5.41) is 2.98. The lowest BCUT2D eigenvalue weighted by Crippen LogP contribution is -2.06. The number of hydrogen-bond acceptors (Lipinski definition) is 0. The molecule has 0 aliphatic carbocycles. The maximum Gasteiger partial charge on any atom is 0.416 e. The molecular formula is C47H29F6N3. The third-order valence-electron chi connectivity index (χ3n) is 10.6. The Balaban J connectivity index is 1.46. The molecule has 0 aliphatic heterocycles. The van der Waals surface area contributed by atoms with Crippen LogP contribution in [0.1, 0.15) is 22.3 Å². The topological polar surface area (TPSA) is 14.2 Å². The summed E-state index contributed by atoms with van der Waals surface area (Å²) in [4.78, 5) is 4.02. The Bertz CT molecular complexity index is 3100. The SMILES string of the molecule is [C-]#[N+]c1cccc(-n2c3ccccc3c3cc(C(F)(F)F)ccc32)c1-c1c(-c2ccc(C(F)(F)F)cc2C)cccc1-n1c2ccccc2c2cc(C)ccc21. The quantitative estimate of drug-likeness (QED) is 0.126. The lowest BCUT2D eigenvalue weighted by atomic mass is 9.88. The van der Waals surface area contributed by atoms with Crippen LogP contribution in [0, 0.1) is 20.4 Å². The molecule has 0 fully saturated rings. The summed E-state index contributed by atoms with van der Waals surface area (Å²) in [6.45, 7) is 12.1. The van der Waals surface area contributed by atoms with Gasteiger partial charge in [-0.15, -0.1) is 0 Å². The van der Waals surface area contributed by atoms with E-state index in [9.17, 15) is 26.3 Å². The van der Waals surface area contributed by atoms with Crippen LogP contribution < -0.4 is 0 Å². The molecule has 2 heterocycles. The molecule has 7 aromatic carbocycles. The fraction of sp³-hybridized carbons (Fsp3) is 0.0851. The van der Waals surface area contributed by atoms with Crippen molar-refractivity contribution in [3.05, 3.63) is 173 Å². The smallest absolute Gasteiger partial charge is 0.310 e. The van der Waals surface area contributed by atoms with Crippen LogP contribution in [0.15, 0.2) is 140 Å². The molecule has 9 heteroatoms. The summed E-state index contributed by atoms with van der Waals surface area (Å²) in [6.07, 6.45) is -9.12. The lowest BCUT2D eigenvalue weighted by molar-refractivity contribution is -0.138. The van der Waals surface area contributed by atoms with E-state index in [1.165, 1.54) is 12.1 Å². The van der Waals surface area contributed by atoms with Gasteiger partial charge in [0.05, 0.1) is 45.5 Å². The molecular weight excluding hydrogens is 721 g/mol. The minimum Gasteiger partial charge on any atom is -0.310 e. The van der Waals surface area contributed by atoms with Crippen molar-refractivity contribution in [2.75, 3.05) is 0 Å². The largest absolute Gasteiger partial charge is 0.416 e. The third kappa shape index (κ3) is 5.43. The first kappa shape index (κ1) is 34.9. The number of para-hydroxylation sites is 2. The van der Waals surface area contributed by atoms with Gasteiger partial charge in [0.25, 0.3) is 0 Å². The van der Waals surface area contributed by atoms with E-state index in [0.29, 0.717) is 61.0 Å². The number of halogens is 6. The Morgan fingerprint density at radius 1 is 0.464 bits per heavy atom. The average molecular weight is 750 g/mol. The molecule has 2 aromatic heterocycles. The molecule has 0 aliphatic rings. The van der Waals surface area contributed by atoms with E-state index in [1.54, 1.807) is 31.2 Å². The van der Waals surface area contributed by atoms with Crippen molar-refractivity contribution in [3.8, 4) is 33.6 Å². The van der Waals surface area contributed by atoms with Crippen molar-refractivity contribution in [2.45, 2.75) is 26.2 Å². The first-order chi connectivity index (χ1) is 26.8. The van der Waals surface area contributed by atoms with Gasteiger partial charge in [-0.05, 0) is 97.3 Å². The van der Waals surface area contributed by atoms with Gasteiger partial charge in [-0.3, -0.25) is 0 Å². The van der Waals surface area contributed by atoms with E-state index in [-0.39, 0.29) is 5.69 Å². The van der Waals surface area contributed by atoms with E-state index in [1.807, 2.05) is 84.3 Å². The van der Waals surface area contributed by atoms with Crippen LogP contribution in [-0.4, -0.2) is 9.13 Å². The molecule has 0 unspecified atom stereocenters. The molecule has 56 heavy (non-hydrogen) atoms. The van der Waals surface area contributed by atoms with E-state index in [2.05, 4.69) is 15.5 Å². The zero-order valence-electron chi connectivity index (χ0n) is 29.9. The predicted octanol–water partition coefficient (Wildman–Crippen LogP) is 14.4. The highest BCUT2D eigenvalue weighted by molar-refractivity contribution is 6.13. The summed E-state index contributed by atoms with van der Waals surface area (Å²) >= 11 is 0. The number of rotatable bonds is 4. The number of aryl methyl sites for hydroxylation is 2. The van der Waals surface area contributed by atoms with E-state index in [4.69, 9.17) is 6.57 Å². The highest BCUT2D eigenvalue weighted by Gasteiger charge is 2.33. The van der Waals surface area contributed by atoms with Crippen molar-refractivity contribution < 1.29 is 26.3 Å². The van der Waals surface area contributed by atoms with Gasteiger partial charge in [0.1, 0.15) is 0 Å². The van der Waals surface area contributed by atoms with Gasteiger partial charge in [-0.2, -0.15) is 26.3 Å². The molecule has 274 valence electrons. The van der Waals surface area contributed by atoms with Crippen LogP contribution in [0.25, 0.3) is 82.1 Å². The number of nitrogens with zero attached hydrogens (tertiary/aromatic N) is 3. The van der Waals surface area contributed by atoms with Gasteiger partial charge in [-0.1, -0.05) is 78.4 Å². The Morgan fingerprint density at radius 3 is 1.59 bits per heavy atom. The molecule has 3 nitrogen and oxygen atoms in total. The molecule has 9 aromatic rings. The highest BCUT2D eigenvalue weighted by atomic mass is 19.4. The fourth-order valence-electron chi connectivity index (χ4n) is 8.17. The van der Waals surface area contributed by atoms with Gasteiger partial charge < -0.3 is 9.13 Å². The minimum atomic E-state index is -4.57. The Morgan fingerprint density at radius 2 is 0.982 bits per heavy atom. The van der Waals surface area contributed by atoms with Crippen LogP contribution in [0.2, 0.25) is 0 Å². The van der Waals surface area contributed by atoms with E-state index < -0.39 is 23.5 Å². The van der Waals surface area contributed by atoms with Crippen molar-refractivity contribution in [1.29, 1.82) is 0 Å². The normalized spacial score (nSPS) is 12.3. The maximum atomic E-state index is 14.1. The second-order valence-electron chi connectivity index (χ2n) is 14.0. The molecule has 0 spiro atoms. The summed E-state index contributed by atoms with van der Waals surface area (Å²) in [6, 6.07) is 39.6. The van der Waals surface area contributed by atoms with Crippen LogP contribution in [-0.2, 0) is 12.4 Å². The van der Waals surface area contributed by atoms with Gasteiger partial charge in [0.15, 0.2) is 5.69 Å². The van der Waals surface area contributed by atoms with E-state index >= 15 is 0 Å². The first-order valence-electron chi connectivity index (χ1n) is 17.8. The second-order valence-corrected chi connectivity index (χ2v) is 14.0. The minimum absolute atomic E-state index is 0.259. The number of aromatic nitrogens is 2. The van der Waals surface area contributed by atoms with Crippen LogP contribution in [0.5, 0.6) is 0 Å². The Kier molecular flexibility index (Phi) is 7.89. The zero-order chi connectivity index (χ0) is 39.1. The number of alkyl halides is 6.